The Balaban J connectivity index is 1.62. The first-order valence-corrected chi connectivity index (χ1v) is 12.2. The maximum absolute atomic E-state index is 12.7. The normalized spacial score (nSPS) is 11.2. The van der Waals surface area contributed by atoms with Crippen molar-refractivity contribution in [3.63, 3.8) is 0 Å². The summed E-state index contributed by atoms with van der Waals surface area (Å²) < 4.78 is 27.8. The molecule has 0 atom stereocenters. The second kappa shape index (κ2) is 10.3. The molecule has 3 aromatic rings. The number of aromatic nitrogens is 1. The number of nitrogens with zero attached hydrogens (tertiary/aromatic N) is 2. The fraction of sp³-hybridized carbons (Fsp3) is 0.238. The van der Waals surface area contributed by atoms with Crippen molar-refractivity contribution in [1.82, 2.24) is 10.3 Å². The number of carbonyl (C=O) groups excluding carboxylic acids is 1. The molecule has 11 heteroatoms. The molecule has 0 saturated heterocycles. The predicted molar refractivity (Wildman–Crippen MR) is 122 cm³/mol. The van der Waals surface area contributed by atoms with Gasteiger partial charge in [0.05, 0.1) is 26.1 Å². The van der Waals surface area contributed by atoms with E-state index in [0.717, 1.165) is 36.0 Å². The molecule has 0 saturated carbocycles. The van der Waals surface area contributed by atoms with Gasteiger partial charge in [0.25, 0.3) is 21.6 Å². The number of anilines is 1. The zero-order valence-corrected chi connectivity index (χ0v) is 18.9. The Morgan fingerprint density at radius 1 is 1.16 bits per heavy atom. The average Bonchev–Trinajstić information content (AvgIpc) is 3.18. The number of thiazole rings is 1. The van der Waals surface area contributed by atoms with Crippen LogP contribution in [0.3, 0.4) is 0 Å². The van der Waals surface area contributed by atoms with Gasteiger partial charge in [-0.25, -0.2) is 13.4 Å². The Morgan fingerprint density at radius 2 is 1.94 bits per heavy atom. The summed E-state index contributed by atoms with van der Waals surface area (Å²) in [6, 6.07) is 10.9. The van der Waals surface area contributed by atoms with Gasteiger partial charge in [0.2, 0.25) is 0 Å². The number of hydrogen-bond donors (Lipinski definition) is 2. The summed E-state index contributed by atoms with van der Waals surface area (Å²) in [6.07, 6.45) is 2.47. The zero-order valence-electron chi connectivity index (χ0n) is 17.3. The molecule has 2 aromatic carbocycles. The lowest BCUT2D eigenvalue weighted by Crippen LogP contribution is -2.26. The highest BCUT2D eigenvalue weighted by Crippen LogP contribution is 2.23. The molecule has 0 unspecified atom stereocenters. The first-order chi connectivity index (χ1) is 15.3. The largest absolute Gasteiger partial charge is 0.352 e. The van der Waals surface area contributed by atoms with Crippen molar-refractivity contribution in [1.29, 1.82) is 0 Å². The number of para-hydroxylation sites is 1. The van der Waals surface area contributed by atoms with Crippen molar-refractivity contribution < 1.29 is 18.1 Å². The number of unbranched alkanes of at least 4 members (excludes halogenated alkanes) is 1. The maximum atomic E-state index is 12.7. The van der Waals surface area contributed by atoms with E-state index < -0.39 is 20.9 Å². The van der Waals surface area contributed by atoms with E-state index in [4.69, 9.17) is 0 Å². The van der Waals surface area contributed by atoms with E-state index in [9.17, 15) is 23.3 Å². The van der Waals surface area contributed by atoms with Crippen molar-refractivity contribution in [3.8, 4) is 0 Å². The highest BCUT2D eigenvalue weighted by Gasteiger charge is 2.20. The summed E-state index contributed by atoms with van der Waals surface area (Å²) in [7, 11) is -4.12. The fourth-order valence-electron chi connectivity index (χ4n) is 2.95. The van der Waals surface area contributed by atoms with Crippen LogP contribution in [0.1, 0.15) is 33.9 Å². The molecule has 0 spiro atoms. The number of amides is 1. The van der Waals surface area contributed by atoms with E-state index in [0.29, 0.717) is 6.54 Å². The fourth-order valence-corrected chi connectivity index (χ4v) is 4.89. The number of nitro benzene ring substituents is 1. The van der Waals surface area contributed by atoms with Gasteiger partial charge in [0, 0.05) is 29.8 Å². The van der Waals surface area contributed by atoms with Crippen molar-refractivity contribution in [2.75, 3.05) is 11.3 Å². The minimum Gasteiger partial charge on any atom is -0.352 e. The first kappa shape index (κ1) is 23.4. The monoisotopic (exact) mass is 474 g/mol. The van der Waals surface area contributed by atoms with Crippen LogP contribution in [0, 0.1) is 17.0 Å². The van der Waals surface area contributed by atoms with Crippen LogP contribution in [0.5, 0.6) is 0 Å². The van der Waals surface area contributed by atoms with Crippen LogP contribution >= 0.6 is 11.3 Å². The molecule has 1 amide bonds. The van der Waals surface area contributed by atoms with Gasteiger partial charge in [-0.3, -0.25) is 19.6 Å². The number of hydrogen-bond acceptors (Lipinski definition) is 7. The van der Waals surface area contributed by atoms with Crippen LogP contribution in [0.2, 0.25) is 0 Å². The number of rotatable bonds is 10. The molecule has 1 aromatic heterocycles. The molecule has 32 heavy (non-hydrogen) atoms. The molecule has 0 fully saturated rings. The minimum absolute atomic E-state index is 0.0924. The number of carbonyl (C=O) groups is 1. The second-order valence-corrected chi connectivity index (χ2v) is 9.63. The Morgan fingerprint density at radius 3 is 2.66 bits per heavy atom. The number of aryl methyl sites for hydroxylation is 2. The van der Waals surface area contributed by atoms with E-state index in [-0.39, 0.29) is 21.8 Å². The van der Waals surface area contributed by atoms with Crippen molar-refractivity contribution in [2.45, 2.75) is 31.1 Å². The van der Waals surface area contributed by atoms with Crippen molar-refractivity contribution in [2.24, 2.45) is 0 Å². The smallest absolute Gasteiger partial charge is 0.270 e. The molecule has 168 valence electrons. The van der Waals surface area contributed by atoms with E-state index in [1.807, 2.05) is 12.3 Å². The van der Waals surface area contributed by atoms with Crippen LogP contribution in [0.25, 0.3) is 0 Å². The highest BCUT2D eigenvalue weighted by molar-refractivity contribution is 7.92. The standard InChI is InChI=1S/C21H22N4O5S2/c1-15-14-31-20(23-15)11-4-5-12-22-21(26)18-9-2-3-10-19(18)24-32(29,30)17-8-6-7-16(13-17)25(27)28/h2-3,6-10,13-14,24H,4-5,11-12H2,1H3,(H,22,26). The van der Waals surface area contributed by atoms with Crippen LogP contribution < -0.4 is 10.0 Å². The zero-order chi connectivity index (χ0) is 23.1. The van der Waals surface area contributed by atoms with E-state index >= 15 is 0 Å². The number of sulfonamides is 1. The maximum Gasteiger partial charge on any atom is 0.270 e. The molecule has 0 aliphatic rings. The third kappa shape index (κ3) is 6.11. The Hall–Kier alpha value is -3.31. The molecule has 1 heterocycles. The topological polar surface area (TPSA) is 131 Å². The Kier molecular flexibility index (Phi) is 7.54. The van der Waals surface area contributed by atoms with E-state index in [2.05, 4.69) is 15.0 Å². The van der Waals surface area contributed by atoms with Gasteiger partial charge in [-0.1, -0.05) is 18.2 Å². The molecule has 2 N–H and O–H groups in total. The Bertz CT molecular complexity index is 1220. The van der Waals surface area contributed by atoms with Gasteiger partial charge < -0.3 is 5.32 Å². The summed E-state index contributed by atoms with van der Waals surface area (Å²) >= 11 is 1.62. The summed E-state index contributed by atoms with van der Waals surface area (Å²) in [4.78, 5) is 27.0. The quantitative estimate of drug-likeness (QED) is 0.260. The third-order valence-electron chi connectivity index (χ3n) is 4.52. The molecule has 0 aliphatic carbocycles. The number of non-ortho nitro benzene ring substituents is 1. The summed E-state index contributed by atoms with van der Waals surface area (Å²) in [6.45, 7) is 2.39. The lowest BCUT2D eigenvalue weighted by Gasteiger charge is -2.13. The van der Waals surface area contributed by atoms with Gasteiger partial charge in [-0.2, -0.15) is 0 Å². The highest BCUT2D eigenvalue weighted by atomic mass is 32.2. The SMILES string of the molecule is Cc1csc(CCCCNC(=O)c2ccccc2NS(=O)(=O)c2cccc([N+](=O)[O-])c2)n1. The average molecular weight is 475 g/mol. The van der Waals surface area contributed by atoms with Gasteiger partial charge in [-0.15, -0.1) is 11.3 Å². The van der Waals surface area contributed by atoms with Crippen LogP contribution in [0.15, 0.2) is 58.8 Å². The van der Waals surface area contributed by atoms with Crippen LogP contribution in [-0.2, 0) is 16.4 Å². The molecule has 0 bridgehead atoms. The summed E-state index contributed by atoms with van der Waals surface area (Å²) in [5.74, 6) is -0.410. The number of benzene rings is 2. The molecule has 0 aliphatic heterocycles. The summed E-state index contributed by atoms with van der Waals surface area (Å²) in [5.41, 5.74) is 0.918. The number of nitro groups is 1. The molecule has 0 radical (unpaired) electrons. The van der Waals surface area contributed by atoms with Crippen molar-refractivity contribution >= 4 is 38.6 Å². The Labute approximate surface area is 189 Å². The van der Waals surface area contributed by atoms with E-state index in [1.165, 1.54) is 30.3 Å². The van der Waals surface area contributed by atoms with Crippen molar-refractivity contribution in [3.05, 3.63) is 80.3 Å². The van der Waals surface area contributed by atoms with Gasteiger partial charge in [0.1, 0.15) is 0 Å². The van der Waals surface area contributed by atoms with E-state index in [1.54, 1.807) is 23.5 Å². The van der Waals surface area contributed by atoms with Gasteiger partial charge in [0.15, 0.2) is 0 Å². The molecular formula is C21H22N4O5S2. The minimum atomic E-state index is -4.12. The second-order valence-electron chi connectivity index (χ2n) is 7.00. The van der Waals surface area contributed by atoms with Gasteiger partial charge in [-0.05, 0) is 44.4 Å². The van der Waals surface area contributed by atoms with Gasteiger partial charge >= 0.3 is 0 Å². The molecule has 3 rings (SSSR count). The van der Waals surface area contributed by atoms with Crippen LogP contribution in [-0.4, -0.2) is 30.8 Å². The summed E-state index contributed by atoms with van der Waals surface area (Å²) in [5, 5.41) is 16.8. The third-order valence-corrected chi connectivity index (χ3v) is 6.91. The first-order valence-electron chi connectivity index (χ1n) is 9.82. The van der Waals surface area contributed by atoms with Crippen LogP contribution in [0.4, 0.5) is 11.4 Å². The lowest BCUT2D eigenvalue weighted by atomic mass is 10.1. The molecular weight excluding hydrogens is 452 g/mol. The lowest BCUT2D eigenvalue weighted by molar-refractivity contribution is -0.385. The predicted octanol–water partition coefficient (Wildman–Crippen LogP) is 3.91. The molecule has 9 nitrogen and oxygen atoms in total. The number of nitrogens with one attached hydrogen (secondary N) is 2.